The number of pyridine rings is 1. The molecule has 0 bridgehead atoms. The van der Waals surface area contributed by atoms with Crippen molar-refractivity contribution in [2.45, 2.75) is 19.6 Å². The molecule has 2 N–H and O–H groups in total. The molecule has 1 saturated heterocycles. The minimum atomic E-state index is -0.349. The number of hydrogen-bond acceptors (Lipinski definition) is 3. The maximum atomic E-state index is 12.7. The molecule has 6 heteroatoms. The Morgan fingerprint density at radius 2 is 2.50 bits per heavy atom. The van der Waals surface area contributed by atoms with Gasteiger partial charge in [0.15, 0.2) is 5.96 Å². The van der Waals surface area contributed by atoms with E-state index in [2.05, 4.69) is 9.98 Å². The van der Waals surface area contributed by atoms with Crippen molar-refractivity contribution in [2.24, 2.45) is 10.7 Å². The zero-order valence-corrected chi connectivity index (χ0v) is 10.3. The fraction of sp³-hybridized carbons (Fsp3) is 0.500. The molecule has 2 rings (SSSR count). The molecule has 0 saturated carbocycles. The van der Waals surface area contributed by atoms with Crippen molar-refractivity contribution >= 4 is 5.96 Å². The Kier molecular flexibility index (Phi) is 4.09. The van der Waals surface area contributed by atoms with E-state index in [1.807, 2.05) is 11.8 Å². The quantitative estimate of drug-likeness (QED) is 0.623. The lowest BCUT2D eigenvalue weighted by molar-refractivity contribution is 0.00528. The van der Waals surface area contributed by atoms with E-state index in [4.69, 9.17) is 10.5 Å². The number of rotatable bonds is 2. The standard InChI is InChI=1S/C12H17FN4O/c1-9-8-17(4-5-18-9)12(14)16-7-11-3-2-10(13)6-15-11/h2-3,6,9H,4-5,7-8H2,1H3,(H2,14,16). The SMILES string of the molecule is CC1CN(C(N)=NCc2ccc(F)cn2)CCO1. The summed E-state index contributed by atoms with van der Waals surface area (Å²) in [5, 5.41) is 0. The van der Waals surface area contributed by atoms with Crippen LogP contribution in [0.5, 0.6) is 0 Å². The lowest BCUT2D eigenvalue weighted by Crippen LogP contribution is -2.47. The number of guanidine groups is 1. The van der Waals surface area contributed by atoms with E-state index in [0.29, 0.717) is 24.8 Å². The van der Waals surface area contributed by atoms with E-state index in [-0.39, 0.29) is 11.9 Å². The van der Waals surface area contributed by atoms with E-state index < -0.39 is 0 Å². The van der Waals surface area contributed by atoms with Crippen molar-refractivity contribution in [3.63, 3.8) is 0 Å². The molecule has 0 radical (unpaired) electrons. The first-order valence-corrected chi connectivity index (χ1v) is 5.92. The van der Waals surface area contributed by atoms with Gasteiger partial charge in [0, 0.05) is 13.1 Å². The highest BCUT2D eigenvalue weighted by Crippen LogP contribution is 2.05. The number of hydrogen-bond donors (Lipinski definition) is 1. The summed E-state index contributed by atoms with van der Waals surface area (Å²) in [7, 11) is 0. The summed E-state index contributed by atoms with van der Waals surface area (Å²) in [6.07, 6.45) is 1.34. The summed E-state index contributed by atoms with van der Waals surface area (Å²) in [6.45, 7) is 4.51. The molecule has 1 unspecified atom stereocenters. The molecule has 98 valence electrons. The first kappa shape index (κ1) is 12.8. The van der Waals surface area contributed by atoms with Crippen LogP contribution in [0.4, 0.5) is 4.39 Å². The molecular formula is C12H17FN4O. The van der Waals surface area contributed by atoms with Crippen molar-refractivity contribution in [3.8, 4) is 0 Å². The van der Waals surface area contributed by atoms with Crippen LogP contribution >= 0.6 is 0 Å². The second-order valence-corrected chi connectivity index (χ2v) is 4.27. The molecule has 1 aliphatic rings. The number of morpholine rings is 1. The first-order valence-electron chi connectivity index (χ1n) is 5.92. The Balaban J connectivity index is 1.93. The molecule has 1 aliphatic heterocycles. The van der Waals surface area contributed by atoms with Crippen molar-refractivity contribution in [1.82, 2.24) is 9.88 Å². The number of aliphatic imine (C=N–C) groups is 1. The Hall–Kier alpha value is -1.69. The van der Waals surface area contributed by atoms with E-state index in [9.17, 15) is 4.39 Å². The number of nitrogens with zero attached hydrogens (tertiary/aromatic N) is 3. The Bertz CT molecular complexity index is 421. The lowest BCUT2D eigenvalue weighted by atomic mass is 10.3. The van der Waals surface area contributed by atoms with Crippen LogP contribution < -0.4 is 5.73 Å². The fourth-order valence-corrected chi connectivity index (χ4v) is 1.79. The molecule has 5 nitrogen and oxygen atoms in total. The predicted molar refractivity (Wildman–Crippen MR) is 66.5 cm³/mol. The average Bonchev–Trinajstić information content (AvgIpc) is 2.38. The van der Waals surface area contributed by atoms with E-state index >= 15 is 0 Å². The maximum absolute atomic E-state index is 12.7. The van der Waals surface area contributed by atoms with E-state index in [0.717, 1.165) is 13.1 Å². The second kappa shape index (κ2) is 5.77. The van der Waals surface area contributed by atoms with Crippen LogP contribution in [0.25, 0.3) is 0 Å². The maximum Gasteiger partial charge on any atom is 0.191 e. The van der Waals surface area contributed by atoms with Crippen LogP contribution in [-0.2, 0) is 11.3 Å². The Labute approximate surface area is 105 Å². The highest BCUT2D eigenvalue weighted by molar-refractivity contribution is 5.78. The molecule has 0 spiro atoms. The third-order valence-corrected chi connectivity index (χ3v) is 2.76. The number of nitrogens with two attached hydrogens (primary N) is 1. The molecule has 0 amide bonds. The predicted octanol–water partition coefficient (Wildman–Crippen LogP) is 0.756. The highest BCUT2D eigenvalue weighted by Gasteiger charge is 2.17. The molecular weight excluding hydrogens is 235 g/mol. The third-order valence-electron chi connectivity index (χ3n) is 2.76. The van der Waals surface area contributed by atoms with Gasteiger partial charge in [0.05, 0.1) is 31.1 Å². The fourth-order valence-electron chi connectivity index (χ4n) is 1.79. The molecule has 18 heavy (non-hydrogen) atoms. The van der Waals surface area contributed by atoms with Gasteiger partial charge < -0.3 is 15.4 Å². The summed E-state index contributed by atoms with van der Waals surface area (Å²) in [6, 6.07) is 2.97. The van der Waals surface area contributed by atoms with Crippen molar-refractivity contribution in [2.75, 3.05) is 19.7 Å². The van der Waals surface area contributed by atoms with Gasteiger partial charge in [-0.15, -0.1) is 0 Å². The van der Waals surface area contributed by atoms with Crippen molar-refractivity contribution in [1.29, 1.82) is 0 Å². The minimum absolute atomic E-state index is 0.163. The van der Waals surface area contributed by atoms with Crippen LogP contribution in [0.2, 0.25) is 0 Å². The molecule has 1 aromatic heterocycles. The number of halogens is 1. The normalized spacial score (nSPS) is 21.1. The van der Waals surface area contributed by atoms with Gasteiger partial charge in [0.2, 0.25) is 0 Å². The van der Waals surface area contributed by atoms with Crippen LogP contribution in [0.1, 0.15) is 12.6 Å². The highest BCUT2D eigenvalue weighted by atomic mass is 19.1. The van der Waals surface area contributed by atoms with Gasteiger partial charge in [-0.05, 0) is 19.1 Å². The van der Waals surface area contributed by atoms with Gasteiger partial charge in [0.1, 0.15) is 5.82 Å². The van der Waals surface area contributed by atoms with E-state index in [1.54, 1.807) is 6.07 Å². The lowest BCUT2D eigenvalue weighted by Gasteiger charge is -2.31. The van der Waals surface area contributed by atoms with Crippen LogP contribution in [-0.4, -0.2) is 41.6 Å². The van der Waals surface area contributed by atoms with Gasteiger partial charge in [-0.3, -0.25) is 4.98 Å². The van der Waals surface area contributed by atoms with E-state index in [1.165, 1.54) is 12.3 Å². The van der Waals surface area contributed by atoms with Crippen LogP contribution in [0.3, 0.4) is 0 Å². The molecule has 1 fully saturated rings. The third kappa shape index (κ3) is 3.40. The second-order valence-electron chi connectivity index (χ2n) is 4.27. The van der Waals surface area contributed by atoms with Crippen LogP contribution in [0, 0.1) is 5.82 Å². The van der Waals surface area contributed by atoms with Crippen LogP contribution in [0.15, 0.2) is 23.3 Å². The average molecular weight is 252 g/mol. The zero-order chi connectivity index (χ0) is 13.0. The van der Waals surface area contributed by atoms with Gasteiger partial charge in [-0.1, -0.05) is 0 Å². The molecule has 1 atom stereocenters. The monoisotopic (exact) mass is 252 g/mol. The summed E-state index contributed by atoms with van der Waals surface area (Å²) in [5.41, 5.74) is 6.60. The summed E-state index contributed by atoms with van der Waals surface area (Å²) >= 11 is 0. The zero-order valence-electron chi connectivity index (χ0n) is 10.3. The molecule has 0 aromatic carbocycles. The van der Waals surface area contributed by atoms with Crippen molar-refractivity contribution in [3.05, 3.63) is 29.8 Å². The molecule has 0 aliphatic carbocycles. The Morgan fingerprint density at radius 1 is 1.67 bits per heavy atom. The summed E-state index contributed by atoms with van der Waals surface area (Å²) in [4.78, 5) is 10.2. The minimum Gasteiger partial charge on any atom is -0.375 e. The largest absolute Gasteiger partial charge is 0.375 e. The smallest absolute Gasteiger partial charge is 0.191 e. The number of aromatic nitrogens is 1. The molecule has 1 aromatic rings. The van der Waals surface area contributed by atoms with Gasteiger partial charge in [0.25, 0.3) is 0 Å². The topological polar surface area (TPSA) is 63.7 Å². The molecule has 2 heterocycles. The van der Waals surface area contributed by atoms with Crippen molar-refractivity contribution < 1.29 is 9.13 Å². The van der Waals surface area contributed by atoms with Gasteiger partial charge in [-0.2, -0.15) is 0 Å². The van der Waals surface area contributed by atoms with Gasteiger partial charge >= 0.3 is 0 Å². The number of ether oxygens (including phenoxy) is 1. The summed E-state index contributed by atoms with van der Waals surface area (Å²) < 4.78 is 18.1. The Morgan fingerprint density at radius 3 is 3.17 bits per heavy atom. The van der Waals surface area contributed by atoms with Gasteiger partial charge in [-0.25, -0.2) is 9.38 Å². The first-order chi connectivity index (χ1) is 8.65. The summed E-state index contributed by atoms with van der Waals surface area (Å²) in [5.74, 6) is 0.133.